The summed E-state index contributed by atoms with van der Waals surface area (Å²) in [5, 5.41) is 2.88. The van der Waals surface area contributed by atoms with Crippen LogP contribution in [-0.4, -0.2) is 44.4 Å². The van der Waals surface area contributed by atoms with Crippen LogP contribution in [0, 0.1) is 12.3 Å². The summed E-state index contributed by atoms with van der Waals surface area (Å²) in [6.07, 6.45) is 2.12. The van der Waals surface area contributed by atoms with E-state index < -0.39 is 6.04 Å². The number of hydrogen-bond donors (Lipinski definition) is 1. The average molecular weight is 336 g/mol. The van der Waals surface area contributed by atoms with Crippen LogP contribution in [0.15, 0.2) is 12.3 Å². The Balaban J connectivity index is 1.94. The van der Waals surface area contributed by atoms with Crippen LogP contribution in [0.25, 0.3) is 0 Å². The summed E-state index contributed by atoms with van der Waals surface area (Å²) in [5.74, 6) is 1.83. The average Bonchev–Trinajstić information content (AvgIpc) is 2.92. The van der Waals surface area contributed by atoms with Gasteiger partial charge in [-0.25, -0.2) is 9.97 Å². The van der Waals surface area contributed by atoms with Gasteiger partial charge in [0.15, 0.2) is 0 Å². The molecule has 0 bridgehead atoms. The summed E-state index contributed by atoms with van der Waals surface area (Å²) in [5.41, 5.74) is 0.688. The number of amides is 2. The molecule has 1 aliphatic heterocycles. The first-order chi connectivity index (χ1) is 10.8. The number of nitrogens with zero attached hydrogens (tertiary/aromatic N) is 3. The second-order valence-corrected chi connectivity index (χ2v) is 7.93. The molecule has 0 radical (unpaired) electrons. The Morgan fingerprint density at radius 3 is 2.83 bits per heavy atom. The quantitative estimate of drug-likeness (QED) is 0.906. The fourth-order valence-electron chi connectivity index (χ4n) is 2.36. The lowest BCUT2D eigenvalue weighted by atomic mass is 9.91. The van der Waals surface area contributed by atoms with Gasteiger partial charge in [0.05, 0.1) is 18.1 Å². The van der Waals surface area contributed by atoms with E-state index in [0.29, 0.717) is 30.4 Å². The van der Waals surface area contributed by atoms with Crippen molar-refractivity contribution in [2.24, 2.45) is 5.41 Å². The standard InChI is InChI=1S/C16H24N4O2S/c1-11-17-6-5-12(19-11)8-18-15(22)13-9-23-10-20(13)14(21)7-16(2,3)4/h5-6,13H,7-10H2,1-4H3,(H,18,22). The van der Waals surface area contributed by atoms with Gasteiger partial charge in [0.25, 0.3) is 0 Å². The lowest BCUT2D eigenvalue weighted by molar-refractivity contribution is -0.139. The summed E-state index contributed by atoms with van der Waals surface area (Å²) in [7, 11) is 0. The molecule has 1 N–H and O–H groups in total. The highest BCUT2D eigenvalue weighted by Gasteiger charge is 2.35. The zero-order valence-electron chi connectivity index (χ0n) is 14.1. The SMILES string of the molecule is Cc1nccc(CNC(=O)C2CSCN2C(=O)CC(C)(C)C)n1. The van der Waals surface area contributed by atoms with Crippen molar-refractivity contribution in [2.45, 2.75) is 46.7 Å². The molecule has 0 spiro atoms. The molecule has 6 nitrogen and oxygen atoms in total. The molecule has 126 valence electrons. The number of carbonyl (C=O) groups excluding carboxylic acids is 2. The first kappa shape index (κ1) is 17.7. The molecule has 7 heteroatoms. The van der Waals surface area contributed by atoms with Gasteiger partial charge in [-0.05, 0) is 18.4 Å². The number of thioether (sulfide) groups is 1. The van der Waals surface area contributed by atoms with Gasteiger partial charge in [0.1, 0.15) is 11.9 Å². The van der Waals surface area contributed by atoms with E-state index in [-0.39, 0.29) is 17.2 Å². The highest BCUT2D eigenvalue weighted by molar-refractivity contribution is 7.99. The fraction of sp³-hybridized carbons (Fsp3) is 0.625. The van der Waals surface area contributed by atoms with Gasteiger partial charge in [0.2, 0.25) is 11.8 Å². The van der Waals surface area contributed by atoms with Crippen LogP contribution in [0.4, 0.5) is 0 Å². The topological polar surface area (TPSA) is 75.2 Å². The molecule has 0 aromatic carbocycles. The number of nitrogens with one attached hydrogen (secondary N) is 1. The molecule has 1 aromatic rings. The van der Waals surface area contributed by atoms with Crippen LogP contribution in [0.1, 0.15) is 38.7 Å². The van der Waals surface area contributed by atoms with Crippen LogP contribution in [0.5, 0.6) is 0 Å². The third-order valence-electron chi connectivity index (χ3n) is 3.46. The Labute approximate surface area is 141 Å². The second kappa shape index (κ2) is 7.29. The lowest BCUT2D eigenvalue weighted by Gasteiger charge is -2.26. The molecule has 1 unspecified atom stereocenters. The van der Waals surface area contributed by atoms with E-state index in [9.17, 15) is 9.59 Å². The Kier molecular flexibility index (Phi) is 5.62. The molecule has 2 rings (SSSR count). The van der Waals surface area contributed by atoms with Crippen LogP contribution in [-0.2, 0) is 16.1 Å². The minimum atomic E-state index is -0.391. The maximum Gasteiger partial charge on any atom is 0.244 e. The van der Waals surface area contributed by atoms with Gasteiger partial charge in [0, 0.05) is 18.4 Å². The summed E-state index contributed by atoms with van der Waals surface area (Å²) in [6, 6.07) is 1.39. The lowest BCUT2D eigenvalue weighted by Crippen LogP contribution is -2.47. The number of carbonyl (C=O) groups is 2. The van der Waals surface area contributed by atoms with E-state index in [1.807, 2.05) is 27.7 Å². The highest BCUT2D eigenvalue weighted by atomic mass is 32.2. The molecule has 0 aliphatic carbocycles. The zero-order chi connectivity index (χ0) is 17.0. The smallest absolute Gasteiger partial charge is 0.244 e. The zero-order valence-corrected chi connectivity index (χ0v) is 14.9. The van der Waals surface area contributed by atoms with Crippen molar-refractivity contribution in [1.82, 2.24) is 20.2 Å². The van der Waals surface area contributed by atoms with Crippen molar-refractivity contribution in [1.29, 1.82) is 0 Å². The molecule has 1 aromatic heterocycles. The first-order valence-corrected chi connectivity index (χ1v) is 8.85. The van der Waals surface area contributed by atoms with E-state index in [4.69, 9.17) is 0 Å². The third-order valence-corrected chi connectivity index (χ3v) is 4.48. The van der Waals surface area contributed by atoms with Crippen molar-refractivity contribution in [3.05, 3.63) is 23.8 Å². The Morgan fingerprint density at radius 2 is 2.17 bits per heavy atom. The van der Waals surface area contributed by atoms with E-state index in [0.717, 1.165) is 5.69 Å². The predicted octanol–water partition coefficient (Wildman–Crippen LogP) is 1.74. The van der Waals surface area contributed by atoms with Crippen LogP contribution in [0.2, 0.25) is 0 Å². The second-order valence-electron chi connectivity index (χ2n) is 6.93. The molecular formula is C16H24N4O2S. The van der Waals surface area contributed by atoms with E-state index in [1.54, 1.807) is 28.9 Å². The maximum atomic E-state index is 12.4. The number of rotatable bonds is 4. The largest absolute Gasteiger partial charge is 0.349 e. The first-order valence-electron chi connectivity index (χ1n) is 7.70. The minimum Gasteiger partial charge on any atom is -0.349 e. The Morgan fingerprint density at radius 1 is 1.43 bits per heavy atom. The molecule has 23 heavy (non-hydrogen) atoms. The molecule has 1 fully saturated rings. The van der Waals surface area contributed by atoms with Crippen molar-refractivity contribution >= 4 is 23.6 Å². The van der Waals surface area contributed by atoms with Gasteiger partial charge in [-0.15, -0.1) is 11.8 Å². The molecule has 1 aliphatic rings. The summed E-state index contributed by atoms with van der Waals surface area (Å²) < 4.78 is 0. The normalized spacial score (nSPS) is 18.1. The Hall–Kier alpha value is -1.63. The van der Waals surface area contributed by atoms with Gasteiger partial charge in [-0.2, -0.15) is 0 Å². The number of aromatic nitrogens is 2. The van der Waals surface area contributed by atoms with Gasteiger partial charge >= 0.3 is 0 Å². The van der Waals surface area contributed by atoms with Crippen molar-refractivity contribution < 1.29 is 9.59 Å². The van der Waals surface area contributed by atoms with Gasteiger partial charge in [-0.3, -0.25) is 9.59 Å². The van der Waals surface area contributed by atoms with Crippen LogP contribution >= 0.6 is 11.8 Å². The molecule has 1 atom stereocenters. The molecule has 1 saturated heterocycles. The molecule has 2 amide bonds. The predicted molar refractivity (Wildman–Crippen MR) is 90.6 cm³/mol. The number of hydrogen-bond acceptors (Lipinski definition) is 5. The van der Waals surface area contributed by atoms with Crippen molar-refractivity contribution in [2.75, 3.05) is 11.6 Å². The van der Waals surface area contributed by atoms with Crippen LogP contribution in [0.3, 0.4) is 0 Å². The minimum absolute atomic E-state index is 0.0422. The summed E-state index contributed by atoms with van der Waals surface area (Å²) in [6.45, 7) is 8.25. The van der Waals surface area contributed by atoms with Crippen molar-refractivity contribution in [3.8, 4) is 0 Å². The third kappa shape index (κ3) is 5.20. The number of aryl methyl sites for hydroxylation is 1. The highest BCUT2D eigenvalue weighted by Crippen LogP contribution is 2.26. The summed E-state index contributed by atoms with van der Waals surface area (Å²) in [4.78, 5) is 34.8. The molecule has 0 saturated carbocycles. The molecule has 2 heterocycles. The maximum absolute atomic E-state index is 12.4. The summed E-state index contributed by atoms with van der Waals surface area (Å²) >= 11 is 1.62. The van der Waals surface area contributed by atoms with Crippen LogP contribution < -0.4 is 5.32 Å². The van der Waals surface area contributed by atoms with Crippen molar-refractivity contribution in [3.63, 3.8) is 0 Å². The fourth-order valence-corrected chi connectivity index (χ4v) is 3.54. The monoisotopic (exact) mass is 336 g/mol. The molecular weight excluding hydrogens is 312 g/mol. The van der Waals surface area contributed by atoms with Gasteiger partial charge < -0.3 is 10.2 Å². The van der Waals surface area contributed by atoms with E-state index >= 15 is 0 Å². The van der Waals surface area contributed by atoms with E-state index in [1.165, 1.54) is 0 Å². The van der Waals surface area contributed by atoms with Gasteiger partial charge in [-0.1, -0.05) is 20.8 Å². The van der Waals surface area contributed by atoms with E-state index in [2.05, 4.69) is 15.3 Å². The Bertz CT molecular complexity index is 586.